The molecular formula is C20H30N2O5. The van der Waals surface area contributed by atoms with E-state index in [-0.39, 0.29) is 36.4 Å². The van der Waals surface area contributed by atoms with Gasteiger partial charge in [-0.25, -0.2) is 9.59 Å². The highest BCUT2D eigenvalue weighted by atomic mass is 16.5. The van der Waals surface area contributed by atoms with Crippen molar-refractivity contribution in [2.75, 3.05) is 6.61 Å². The third kappa shape index (κ3) is 4.70. The van der Waals surface area contributed by atoms with Gasteiger partial charge < -0.3 is 19.4 Å². The second kappa shape index (κ2) is 8.59. The Morgan fingerprint density at radius 1 is 1.11 bits per heavy atom. The standard InChI is InChI=1S/C20H30N2O5/c1-11(2)27-19(24)17-14(5)18(21-15(17)6)20(25)26-10-16(23)22-12(3)8-7-9-13(22)4/h11-13,21H,7-10H2,1-6H3/t12-,13-/m0/s1. The number of carbonyl (C=O) groups excluding carboxylic acids is 3. The zero-order valence-corrected chi connectivity index (χ0v) is 17.0. The van der Waals surface area contributed by atoms with Gasteiger partial charge in [0.15, 0.2) is 6.61 Å². The maximum absolute atomic E-state index is 12.5. The molecule has 1 N–H and O–H groups in total. The van der Waals surface area contributed by atoms with E-state index in [0.717, 1.165) is 19.3 Å². The molecule has 1 aliphatic heterocycles. The quantitative estimate of drug-likeness (QED) is 0.795. The number of carbonyl (C=O) groups is 3. The number of aromatic nitrogens is 1. The van der Waals surface area contributed by atoms with Gasteiger partial charge in [-0.05, 0) is 66.4 Å². The number of aromatic amines is 1. The van der Waals surface area contributed by atoms with Crippen LogP contribution in [0.1, 0.15) is 79.1 Å². The van der Waals surface area contributed by atoms with Crippen LogP contribution >= 0.6 is 0 Å². The van der Waals surface area contributed by atoms with E-state index in [1.54, 1.807) is 32.6 Å². The Kier molecular flexibility index (Phi) is 6.68. The minimum absolute atomic E-state index is 0.145. The van der Waals surface area contributed by atoms with Crippen LogP contribution in [0.4, 0.5) is 0 Å². The van der Waals surface area contributed by atoms with Gasteiger partial charge in [0.05, 0.1) is 11.7 Å². The van der Waals surface area contributed by atoms with E-state index in [9.17, 15) is 14.4 Å². The SMILES string of the molecule is Cc1[nH]c(C(=O)OCC(=O)N2[C@@H](C)CCC[C@@H]2C)c(C)c1C(=O)OC(C)C. The molecule has 0 aliphatic carbocycles. The zero-order chi connectivity index (χ0) is 20.3. The van der Waals surface area contributed by atoms with Crippen LogP contribution in [0.2, 0.25) is 0 Å². The fourth-order valence-electron chi connectivity index (χ4n) is 3.72. The number of hydrogen-bond acceptors (Lipinski definition) is 5. The number of H-pyrrole nitrogens is 1. The van der Waals surface area contributed by atoms with Gasteiger partial charge in [0.2, 0.25) is 0 Å². The molecule has 0 spiro atoms. The van der Waals surface area contributed by atoms with Crippen molar-refractivity contribution >= 4 is 17.8 Å². The van der Waals surface area contributed by atoms with Gasteiger partial charge in [-0.2, -0.15) is 0 Å². The van der Waals surface area contributed by atoms with Crippen LogP contribution < -0.4 is 0 Å². The Morgan fingerprint density at radius 3 is 2.26 bits per heavy atom. The Balaban J connectivity index is 2.06. The molecule has 0 radical (unpaired) electrons. The lowest BCUT2D eigenvalue weighted by molar-refractivity contribution is -0.140. The molecule has 1 amide bonds. The van der Waals surface area contributed by atoms with Crippen molar-refractivity contribution in [1.82, 2.24) is 9.88 Å². The third-order valence-corrected chi connectivity index (χ3v) is 5.00. The molecule has 2 heterocycles. The predicted octanol–water partition coefficient (Wildman–Crippen LogP) is 3.14. The average Bonchev–Trinajstić information content (AvgIpc) is 2.86. The van der Waals surface area contributed by atoms with Crippen LogP contribution in [0.3, 0.4) is 0 Å². The average molecular weight is 378 g/mol. The molecule has 7 nitrogen and oxygen atoms in total. The van der Waals surface area contributed by atoms with E-state index < -0.39 is 11.9 Å². The topological polar surface area (TPSA) is 88.7 Å². The lowest BCUT2D eigenvalue weighted by Crippen LogP contribution is -2.49. The molecule has 2 rings (SSSR count). The maximum Gasteiger partial charge on any atom is 0.355 e. The van der Waals surface area contributed by atoms with Crippen LogP contribution in [-0.2, 0) is 14.3 Å². The summed E-state index contributed by atoms with van der Waals surface area (Å²) in [5, 5.41) is 0. The molecule has 0 unspecified atom stereocenters. The summed E-state index contributed by atoms with van der Waals surface area (Å²) in [5.74, 6) is -1.32. The van der Waals surface area contributed by atoms with Gasteiger partial charge in [-0.3, -0.25) is 4.79 Å². The van der Waals surface area contributed by atoms with Gasteiger partial charge in [-0.15, -0.1) is 0 Å². The number of hydrogen-bond donors (Lipinski definition) is 1. The van der Waals surface area contributed by atoms with Crippen LogP contribution in [0.25, 0.3) is 0 Å². The second-order valence-electron chi connectivity index (χ2n) is 7.59. The number of nitrogens with zero attached hydrogens (tertiary/aromatic N) is 1. The smallest absolute Gasteiger partial charge is 0.355 e. The summed E-state index contributed by atoms with van der Waals surface area (Å²) in [7, 11) is 0. The summed E-state index contributed by atoms with van der Waals surface area (Å²) >= 11 is 0. The fraction of sp³-hybridized carbons (Fsp3) is 0.650. The summed E-state index contributed by atoms with van der Waals surface area (Å²) in [5.41, 5.74) is 1.51. The second-order valence-corrected chi connectivity index (χ2v) is 7.59. The van der Waals surface area contributed by atoms with Crippen LogP contribution in [0.5, 0.6) is 0 Å². The largest absolute Gasteiger partial charge is 0.459 e. The first-order valence-corrected chi connectivity index (χ1v) is 9.51. The first-order valence-electron chi connectivity index (χ1n) is 9.51. The third-order valence-electron chi connectivity index (χ3n) is 5.00. The first-order chi connectivity index (χ1) is 12.6. The summed E-state index contributed by atoms with van der Waals surface area (Å²) in [4.78, 5) is 41.9. The van der Waals surface area contributed by atoms with Crippen LogP contribution in [-0.4, -0.2) is 52.5 Å². The number of amides is 1. The molecule has 1 aromatic heterocycles. The van der Waals surface area contributed by atoms with Crippen LogP contribution in [0.15, 0.2) is 0 Å². The van der Waals surface area contributed by atoms with Crippen molar-refractivity contribution < 1.29 is 23.9 Å². The number of ether oxygens (including phenoxy) is 2. The summed E-state index contributed by atoms with van der Waals surface area (Å²) in [6, 6.07) is 0.290. The van der Waals surface area contributed by atoms with Gasteiger partial charge in [0.25, 0.3) is 5.91 Å². The highest BCUT2D eigenvalue weighted by Crippen LogP contribution is 2.23. The molecule has 1 saturated heterocycles. The van der Waals surface area contributed by atoms with Gasteiger partial charge in [0, 0.05) is 17.8 Å². The molecule has 0 bridgehead atoms. The van der Waals surface area contributed by atoms with E-state index in [0.29, 0.717) is 16.8 Å². The highest BCUT2D eigenvalue weighted by molar-refractivity contribution is 5.99. The van der Waals surface area contributed by atoms with Crippen molar-refractivity contribution in [2.24, 2.45) is 0 Å². The minimum Gasteiger partial charge on any atom is -0.459 e. The molecule has 1 fully saturated rings. The lowest BCUT2D eigenvalue weighted by atomic mass is 9.97. The van der Waals surface area contributed by atoms with Gasteiger partial charge in [0.1, 0.15) is 5.69 Å². The molecular weight excluding hydrogens is 348 g/mol. The summed E-state index contributed by atoms with van der Waals surface area (Å²) < 4.78 is 10.5. The van der Waals surface area contributed by atoms with Crippen LogP contribution in [0, 0.1) is 13.8 Å². The Morgan fingerprint density at radius 2 is 1.70 bits per heavy atom. The van der Waals surface area contributed by atoms with E-state index in [4.69, 9.17) is 9.47 Å². The van der Waals surface area contributed by atoms with E-state index >= 15 is 0 Å². The number of nitrogens with one attached hydrogen (secondary N) is 1. The molecule has 1 aliphatic rings. The fourth-order valence-corrected chi connectivity index (χ4v) is 3.72. The molecule has 150 valence electrons. The molecule has 2 atom stereocenters. The Bertz CT molecular complexity index is 712. The summed E-state index contributed by atoms with van der Waals surface area (Å²) in [6.45, 7) is 10.6. The predicted molar refractivity (Wildman–Crippen MR) is 101 cm³/mol. The van der Waals surface area contributed by atoms with E-state index in [1.165, 1.54) is 0 Å². The minimum atomic E-state index is -0.648. The van der Waals surface area contributed by atoms with Gasteiger partial charge in [-0.1, -0.05) is 0 Å². The highest BCUT2D eigenvalue weighted by Gasteiger charge is 2.30. The lowest BCUT2D eigenvalue weighted by Gasteiger charge is -2.38. The number of aryl methyl sites for hydroxylation is 1. The van der Waals surface area contributed by atoms with Crippen molar-refractivity contribution in [3.05, 3.63) is 22.5 Å². The first kappa shape index (κ1) is 21.0. The normalized spacial score (nSPS) is 19.9. The van der Waals surface area contributed by atoms with Gasteiger partial charge >= 0.3 is 11.9 Å². The summed E-state index contributed by atoms with van der Waals surface area (Å²) in [6.07, 6.45) is 2.76. The number of rotatable bonds is 5. The number of likely N-dealkylation sites (tertiary alicyclic amines) is 1. The van der Waals surface area contributed by atoms with Crippen molar-refractivity contribution in [1.29, 1.82) is 0 Å². The number of esters is 2. The van der Waals surface area contributed by atoms with Crippen molar-refractivity contribution in [3.8, 4) is 0 Å². The molecule has 0 saturated carbocycles. The maximum atomic E-state index is 12.5. The van der Waals surface area contributed by atoms with E-state index in [1.807, 2.05) is 13.8 Å². The molecule has 27 heavy (non-hydrogen) atoms. The van der Waals surface area contributed by atoms with Crippen molar-refractivity contribution in [2.45, 2.75) is 79.0 Å². The van der Waals surface area contributed by atoms with Crippen molar-refractivity contribution in [3.63, 3.8) is 0 Å². The monoisotopic (exact) mass is 378 g/mol. The molecule has 0 aromatic carbocycles. The Hall–Kier alpha value is -2.31. The molecule has 7 heteroatoms. The zero-order valence-electron chi connectivity index (χ0n) is 17.0. The Labute approximate surface area is 160 Å². The molecule has 1 aromatic rings. The number of piperidine rings is 1. The van der Waals surface area contributed by atoms with E-state index in [2.05, 4.69) is 4.98 Å².